The van der Waals surface area contributed by atoms with Crippen LogP contribution in [0.1, 0.15) is 28.9 Å². The first-order valence-electron chi connectivity index (χ1n) is 7.47. The van der Waals surface area contributed by atoms with E-state index in [-0.39, 0.29) is 17.5 Å². The lowest BCUT2D eigenvalue weighted by molar-refractivity contribution is -0.384. The minimum atomic E-state index is -0.483. The molecule has 0 aliphatic carbocycles. The molecule has 2 aromatic rings. The van der Waals surface area contributed by atoms with Crippen LogP contribution in [0.2, 0.25) is 0 Å². The van der Waals surface area contributed by atoms with Gasteiger partial charge in [0.15, 0.2) is 5.78 Å². The molecule has 0 saturated carbocycles. The van der Waals surface area contributed by atoms with Gasteiger partial charge in [-0.05, 0) is 33.2 Å². The van der Waals surface area contributed by atoms with Gasteiger partial charge in [0.25, 0.3) is 5.69 Å². The van der Waals surface area contributed by atoms with Crippen LogP contribution in [-0.4, -0.2) is 46.0 Å². The first kappa shape index (κ1) is 17.6. The number of Topliss-reactive ketones (excluding diaryl/α,β-unsaturated/α-hetero) is 1. The van der Waals surface area contributed by atoms with Crippen LogP contribution >= 0.6 is 0 Å². The zero-order chi connectivity index (χ0) is 17.9. The van der Waals surface area contributed by atoms with E-state index in [0.717, 1.165) is 5.56 Å². The highest BCUT2D eigenvalue weighted by atomic mass is 16.6. The number of likely N-dealkylation sites (N-methyl/N-ethyl adjacent to an activating group) is 1. The molecule has 0 amide bonds. The number of carbonyl (C=O) groups is 1. The monoisotopic (exact) mass is 331 g/mol. The number of aryl methyl sites for hydroxylation is 1. The third kappa shape index (κ3) is 3.96. The summed E-state index contributed by atoms with van der Waals surface area (Å²) in [5.41, 5.74) is 1.62. The zero-order valence-corrected chi connectivity index (χ0v) is 14.2. The van der Waals surface area contributed by atoms with E-state index in [4.69, 9.17) is 0 Å². The van der Waals surface area contributed by atoms with Crippen LogP contribution in [0.3, 0.4) is 0 Å². The summed E-state index contributed by atoms with van der Waals surface area (Å²) in [6.07, 6.45) is 3.69. The van der Waals surface area contributed by atoms with Crippen molar-refractivity contribution in [2.24, 2.45) is 7.05 Å². The Bertz CT molecular complexity index is 754. The second kappa shape index (κ2) is 7.22. The van der Waals surface area contributed by atoms with E-state index in [9.17, 15) is 14.9 Å². The average Bonchev–Trinajstić information content (AvgIpc) is 2.93. The topological polar surface area (TPSA) is 93.3 Å². The Morgan fingerprint density at radius 2 is 2.17 bits per heavy atom. The number of nitrogens with one attached hydrogen (secondary N) is 1. The molecular formula is C16H21N5O3. The Morgan fingerprint density at radius 1 is 1.46 bits per heavy atom. The molecule has 2 rings (SSSR count). The number of anilines is 1. The molecule has 8 heteroatoms. The zero-order valence-electron chi connectivity index (χ0n) is 14.2. The number of benzene rings is 1. The number of hydrogen-bond donors (Lipinski definition) is 1. The summed E-state index contributed by atoms with van der Waals surface area (Å²) in [7, 11) is 5.72. The van der Waals surface area contributed by atoms with Crippen molar-refractivity contribution in [3.05, 3.63) is 51.8 Å². The van der Waals surface area contributed by atoms with Crippen molar-refractivity contribution < 1.29 is 9.72 Å². The maximum Gasteiger partial charge on any atom is 0.293 e. The standard InChI is InChI=1S/C16H21N5O3/c1-11(22)12-5-6-14(15(7-12)21(23)24)17-9-16(19(2)3)13-8-18-20(4)10-13/h5-8,10,16-17H,9H2,1-4H3. The Hall–Kier alpha value is -2.74. The summed E-state index contributed by atoms with van der Waals surface area (Å²) in [6.45, 7) is 1.86. The summed E-state index contributed by atoms with van der Waals surface area (Å²) in [5, 5.41) is 18.6. The van der Waals surface area contributed by atoms with E-state index in [1.165, 1.54) is 13.0 Å². The molecule has 1 N–H and O–H groups in total. The quantitative estimate of drug-likeness (QED) is 0.475. The fourth-order valence-electron chi connectivity index (χ4n) is 2.47. The number of carbonyl (C=O) groups excluding carboxylic acids is 1. The molecule has 128 valence electrons. The van der Waals surface area contributed by atoms with E-state index >= 15 is 0 Å². The predicted molar refractivity (Wildman–Crippen MR) is 91.2 cm³/mol. The molecule has 8 nitrogen and oxygen atoms in total. The second-order valence-corrected chi connectivity index (χ2v) is 5.85. The lowest BCUT2D eigenvalue weighted by atomic mass is 10.1. The van der Waals surface area contributed by atoms with Gasteiger partial charge in [0.2, 0.25) is 0 Å². The number of aromatic nitrogens is 2. The van der Waals surface area contributed by atoms with Gasteiger partial charge in [0.1, 0.15) is 5.69 Å². The number of ketones is 1. The maximum absolute atomic E-state index is 11.4. The Labute approximate surface area is 140 Å². The molecule has 0 spiro atoms. The van der Waals surface area contributed by atoms with Crippen molar-refractivity contribution in [1.29, 1.82) is 0 Å². The largest absolute Gasteiger partial charge is 0.378 e. The number of rotatable bonds is 7. The Morgan fingerprint density at radius 3 is 2.67 bits per heavy atom. The predicted octanol–water partition coefficient (Wildman–Crippen LogP) is 2.25. The van der Waals surface area contributed by atoms with Crippen LogP contribution in [0.4, 0.5) is 11.4 Å². The van der Waals surface area contributed by atoms with Gasteiger partial charge in [-0.15, -0.1) is 0 Å². The normalized spacial score (nSPS) is 12.2. The van der Waals surface area contributed by atoms with Gasteiger partial charge in [0.05, 0.1) is 17.2 Å². The Balaban J connectivity index is 2.23. The van der Waals surface area contributed by atoms with Gasteiger partial charge < -0.3 is 10.2 Å². The summed E-state index contributed by atoms with van der Waals surface area (Å²) in [4.78, 5) is 24.2. The van der Waals surface area contributed by atoms with Crippen LogP contribution in [0, 0.1) is 10.1 Å². The third-order valence-electron chi connectivity index (χ3n) is 3.82. The highest BCUT2D eigenvalue weighted by Crippen LogP contribution is 2.27. The highest BCUT2D eigenvalue weighted by molar-refractivity contribution is 5.95. The van der Waals surface area contributed by atoms with Crippen LogP contribution < -0.4 is 5.32 Å². The van der Waals surface area contributed by atoms with E-state index in [1.807, 2.05) is 32.2 Å². The molecule has 1 aromatic heterocycles. The molecule has 1 aromatic carbocycles. The third-order valence-corrected chi connectivity index (χ3v) is 3.82. The van der Waals surface area contributed by atoms with E-state index < -0.39 is 4.92 Å². The number of nitrogens with zero attached hydrogens (tertiary/aromatic N) is 4. The van der Waals surface area contributed by atoms with Crippen molar-refractivity contribution in [3.63, 3.8) is 0 Å². The van der Waals surface area contributed by atoms with Gasteiger partial charge in [-0.1, -0.05) is 0 Å². The Kier molecular flexibility index (Phi) is 5.30. The summed E-state index contributed by atoms with van der Waals surface area (Å²) in [5.74, 6) is -0.203. The van der Waals surface area contributed by atoms with Crippen molar-refractivity contribution in [2.75, 3.05) is 26.0 Å². The molecule has 0 bridgehead atoms. The molecule has 1 atom stereocenters. The average molecular weight is 331 g/mol. The van der Waals surface area contributed by atoms with Crippen molar-refractivity contribution in [2.45, 2.75) is 13.0 Å². The van der Waals surface area contributed by atoms with Crippen LogP contribution in [0.15, 0.2) is 30.6 Å². The SMILES string of the molecule is CC(=O)c1ccc(NCC(c2cnn(C)c2)N(C)C)c([N+](=O)[O-])c1. The highest BCUT2D eigenvalue weighted by Gasteiger charge is 2.20. The molecule has 0 saturated heterocycles. The molecule has 0 aliphatic rings. The van der Waals surface area contributed by atoms with Gasteiger partial charge in [-0.3, -0.25) is 19.6 Å². The molecule has 1 unspecified atom stereocenters. The van der Waals surface area contributed by atoms with E-state index in [1.54, 1.807) is 23.0 Å². The molecule has 1 heterocycles. The van der Waals surface area contributed by atoms with Gasteiger partial charge >= 0.3 is 0 Å². The first-order valence-corrected chi connectivity index (χ1v) is 7.47. The smallest absolute Gasteiger partial charge is 0.293 e. The molecular weight excluding hydrogens is 310 g/mol. The minimum absolute atomic E-state index is 0.00536. The lowest BCUT2D eigenvalue weighted by Crippen LogP contribution is -2.26. The van der Waals surface area contributed by atoms with Crippen molar-refractivity contribution in [3.8, 4) is 0 Å². The summed E-state index contributed by atoms with van der Waals surface area (Å²) < 4.78 is 1.72. The fraction of sp³-hybridized carbons (Fsp3) is 0.375. The second-order valence-electron chi connectivity index (χ2n) is 5.85. The number of nitro groups is 1. The van der Waals surface area contributed by atoms with Crippen molar-refractivity contribution >= 4 is 17.2 Å². The van der Waals surface area contributed by atoms with E-state index in [0.29, 0.717) is 17.8 Å². The molecule has 0 fully saturated rings. The number of nitro benzene ring substituents is 1. The van der Waals surface area contributed by atoms with Crippen molar-refractivity contribution in [1.82, 2.24) is 14.7 Å². The summed E-state index contributed by atoms with van der Waals surface area (Å²) in [6, 6.07) is 4.47. The fourth-order valence-corrected chi connectivity index (χ4v) is 2.47. The van der Waals surface area contributed by atoms with Gasteiger partial charge in [-0.25, -0.2) is 0 Å². The molecule has 0 radical (unpaired) electrons. The number of hydrogen-bond acceptors (Lipinski definition) is 6. The maximum atomic E-state index is 11.4. The van der Waals surface area contributed by atoms with Gasteiger partial charge in [-0.2, -0.15) is 5.10 Å². The van der Waals surface area contributed by atoms with Gasteiger partial charge in [0, 0.05) is 37.0 Å². The molecule has 0 aliphatic heterocycles. The first-order chi connectivity index (χ1) is 11.3. The van der Waals surface area contributed by atoms with Crippen LogP contribution in [-0.2, 0) is 7.05 Å². The minimum Gasteiger partial charge on any atom is -0.378 e. The van der Waals surface area contributed by atoms with E-state index in [2.05, 4.69) is 10.4 Å². The van der Waals surface area contributed by atoms with Crippen LogP contribution in [0.25, 0.3) is 0 Å². The summed E-state index contributed by atoms with van der Waals surface area (Å²) >= 11 is 0. The lowest BCUT2D eigenvalue weighted by Gasteiger charge is -2.24. The van der Waals surface area contributed by atoms with Crippen LogP contribution in [0.5, 0.6) is 0 Å². The molecule has 24 heavy (non-hydrogen) atoms.